The average Bonchev–Trinajstić information content (AvgIpc) is 2.87. The lowest BCUT2D eigenvalue weighted by Gasteiger charge is -2.49. The lowest BCUT2D eigenvalue weighted by Crippen LogP contribution is -2.59. The zero-order valence-electron chi connectivity index (χ0n) is 16.8. The van der Waals surface area contributed by atoms with E-state index in [1.54, 1.807) is 0 Å². The van der Waals surface area contributed by atoms with Crippen LogP contribution in [0.1, 0.15) is 80.1 Å². The average molecular weight is 350 g/mol. The summed E-state index contributed by atoms with van der Waals surface area (Å²) in [5.41, 5.74) is -0.434. The summed E-state index contributed by atoms with van der Waals surface area (Å²) in [6.45, 7) is 12.8. The molecule has 3 aliphatic carbocycles. The van der Waals surface area contributed by atoms with Crippen LogP contribution in [0, 0.1) is 28.6 Å². The molecule has 0 radical (unpaired) electrons. The maximum Gasteiger partial charge on any atom is 0.408 e. The first-order chi connectivity index (χ1) is 11.5. The number of fused-ring (bicyclic) bond motifs is 1. The summed E-state index contributed by atoms with van der Waals surface area (Å²) in [6.07, 6.45) is 6.74. The number of hydrogen-bond donors (Lipinski definition) is 1. The van der Waals surface area contributed by atoms with Crippen LogP contribution in [-0.4, -0.2) is 23.5 Å². The zero-order chi connectivity index (χ0) is 18.7. The van der Waals surface area contributed by atoms with Gasteiger partial charge < -0.3 is 14.8 Å². The molecule has 0 heterocycles. The van der Waals surface area contributed by atoms with Crippen molar-refractivity contribution in [3.63, 3.8) is 0 Å². The van der Waals surface area contributed by atoms with Crippen LogP contribution in [0.15, 0.2) is 0 Å². The first-order valence-electron chi connectivity index (χ1n) is 9.92. The Morgan fingerprint density at radius 3 is 2.48 bits per heavy atom. The number of amides is 1. The molecule has 0 aliphatic heterocycles. The fourth-order valence-electron chi connectivity index (χ4n) is 6.84. The molecule has 3 saturated carbocycles. The van der Waals surface area contributed by atoms with E-state index >= 15 is 0 Å². The van der Waals surface area contributed by atoms with Crippen molar-refractivity contribution in [1.82, 2.24) is 5.32 Å². The van der Waals surface area contributed by atoms with Crippen molar-refractivity contribution in [3.05, 3.63) is 0 Å². The molecule has 0 saturated heterocycles. The van der Waals surface area contributed by atoms with E-state index in [2.05, 4.69) is 26.1 Å². The minimum absolute atomic E-state index is 0.138. The maximum absolute atomic E-state index is 12.6. The molecule has 1 amide bonds. The lowest BCUT2D eigenvalue weighted by atomic mass is 9.61. The van der Waals surface area contributed by atoms with Crippen LogP contribution in [0.2, 0.25) is 0 Å². The Labute approximate surface area is 152 Å². The van der Waals surface area contributed by atoms with Crippen LogP contribution in [0.25, 0.3) is 0 Å². The quantitative estimate of drug-likeness (QED) is 0.751. The first-order valence-corrected chi connectivity index (χ1v) is 9.92. The second-order valence-electron chi connectivity index (χ2n) is 10.5. The van der Waals surface area contributed by atoms with Crippen molar-refractivity contribution in [1.29, 1.82) is 0 Å². The van der Waals surface area contributed by atoms with E-state index in [4.69, 9.17) is 4.74 Å². The van der Waals surface area contributed by atoms with Crippen molar-refractivity contribution < 1.29 is 14.3 Å². The Morgan fingerprint density at radius 1 is 1.20 bits per heavy atom. The Kier molecular flexibility index (Phi) is 4.28. The van der Waals surface area contributed by atoms with Gasteiger partial charge in [0.2, 0.25) is 0 Å². The molecular weight excluding hydrogens is 314 g/mol. The summed E-state index contributed by atoms with van der Waals surface area (Å²) < 4.78 is 5.53. The molecule has 4 heteroatoms. The van der Waals surface area contributed by atoms with Gasteiger partial charge in [0.25, 0.3) is 0 Å². The monoisotopic (exact) mass is 349 g/mol. The van der Waals surface area contributed by atoms with Crippen LogP contribution < -0.4 is 5.32 Å². The van der Waals surface area contributed by atoms with Crippen LogP contribution in [0.4, 0.5) is 4.79 Å². The van der Waals surface area contributed by atoms with Crippen LogP contribution in [-0.2, 0) is 9.53 Å². The van der Waals surface area contributed by atoms with Crippen LogP contribution in [0.5, 0.6) is 0 Å². The second-order valence-corrected chi connectivity index (χ2v) is 10.5. The van der Waals surface area contributed by atoms with Gasteiger partial charge in [-0.15, -0.1) is 0 Å². The highest BCUT2D eigenvalue weighted by Gasteiger charge is 2.69. The predicted octanol–water partition coefficient (Wildman–Crippen LogP) is 4.71. The molecule has 1 N–H and O–H groups in total. The Balaban J connectivity index is 1.91. The minimum Gasteiger partial charge on any atom is -0.444 e. The third-order valence-electron chi connectivity index (χ3n) is 7.85. The maximum atomic E-state index is 12.6. The highest BCUT2D eigenvalue weighted by molar-refractivity contribution is 5.70. The van der Waals surface area contributed by atoms with Gasteiger partial charge in [-0.3, -0.25) is 0 Å². The van der Waals surface area contributed by atoms with Gasteiger partial charge in [-0.05, 0) is 81.5 Å². The molecule has 3 rings (SSSR count). The predicted molar refractivity (Wildman–Crippen MR) is 98.2 cm³/mol. The van der Waals surface area contributed by atoms with E-state index in [1.807, 2.05) is 20.8 Å². The van der Waals surface area contributed by atoms with Gasteiger partial charge in [0.05, 0.1) is 5.54 Å². The number of nitrogens with one attached hydrogen (secondary N) is 1. The summed E-state index contributed by atoms with van der Waals surface area (Å²) in [5, 5.41) is 3.18. The van der Waals surface area contributed by atoms with E-state index in [-0.39, 0.29) is 11.5 Å². The number of alkyl carbamates (subject to hydrolysis) is 1. The Bertz CT molecular complexity index is 564. The fourth-order valence-corrected chi connectivity index (χ4v) is 6.84. The Hall–Kier alpha value is -1.06. The highest BCUT2D eigenvalue weighted by Crippen LogP contribution is 2.73. The summed E-state index contributed by atoms with van der Waals surface area (Å²) in [6, 6.07) is 0. The lowest BCUT2D eigenvalue weighted by molar-refractivity contribution is -0.110. The van der Waals surface area contributed by atoms with E-state index in [0.717, 1.165) is 31.5 Å². The summed E-state index contributed by atoms with van der Waals surface area (Å²) in [7, 11) is 0. The SMILES string of the molecule is C[C@@H]1CC[C@H]2C(C)(C)[C@@H]3CC12CCC3(CC=O)NC(=O)OC(C)(C)C. The first kappa shape index (κ1) is 18.7. The highest BCUT2D eigenvalue weighted by atomic mass is 16.6. The third kappa shape index (κ3) is 2.80. The Morgan fingerprint density at radius 2 is 1.88 bits per heavy atom. The number of carbonyl (C=O) groups excluding carboxylic acids is 2. The molecule has 142 valence electrons. The molecule has 0 aromatic heterocycles. The van der Waals surface area contributed by atoms with E-state index in [0.29, 0.717) is 23.7 Å². The van der Waals surface area contributed by atoms with Gasteiger partial charge in [-0.25, -0.2) is 4.79 Å². The number of hydrogen-bond acceptors (Lipinski definition) is 3. The van der Waals surface area contributed by atoms with Gasteiger partial charge in [0.15, 0.2) is 0 Å². The zero-order valence-corrected chi connectivity index (χ0v) is 16.8. The van der Waals surface area contributed by atoms with Crippen molar-refractivity contribution in [2.75, 3.05) is 0 Å². The molecule has 0 aromatic carbocycles. The van der Waals surface area contributed by atoms with Gasteiger partial charge in [-0.2, -0.15) is 0 Å². The topological polar surface area (TPSA) is 55.4 Å². The molecule has 2 unspecified atom stereocenters. The molecule has 5 atom stereocenters. The summed E-state index contributed by atoms with van der Waals surface area (Å²) in [4.78, 5) is 24.1. The number of rotatable bonds is 3. The third-order valence-corrected chi connectivity index (χ3v) is 7.85. The minimum atomic E-state index is -0.529. The molecule has 0 aromatic rings. The van der Waals surface area contributed by atoms with E-state index in [1.165, 1.54) is 12.8 Å². The van der Waals surface area contributed by atoms with E-state index in [9.17, 15) is 9.59 Å². The van der Waals surface area contributed by atoms with Crippen molar-refractivity contribution >= 4 is 12.4 Å². The van der Waals surface area contributed by atoms with Crippen LogP contribution >= 0.6 is 0 Å². The summed E-state index contributed by atoms with van der Waals surface area (Å²) >= 11 is 0. The smallest absolute Gasteiger partial charge is 0.408 e. The molecule has 4 nitrogen and oxygen atoms in total. The number of ether oxygens (including phenoxy) is 1. The summed E-state index contributed by atoms with van der Waals surface area (Å²) in [5.74, 6) is 1.78. The molecule has 1 spiro atoms. The molecular formula is C21H35NO3. The molecule has 25 heavy (non-hydrogen) atoms. The molecule has 3 aliphatic rings. The van der Waals surface area contributed by atoms with Gasteiger partial charge in [0.1, 0.15) is 11.9 Å². The van der Waals surface area contributed by atoms with Gasteiger partial charge in [-0.1, -0.05) is 20.8 Å². The van der Waals surface area contributed by atoms with E-state index < -0.39 is 11.1 Å². The fraction of sp³-hybridized carbons (Fsp3) is 0.905. The number of carbonyl (C=O) groups is 2. The molecule has 2 bridgehead atoms. The normalized spacial score (nSPS) is 41.9. The van der Waals surface area contributed by atoms with Crippen molar-refractivity contribution in [3.8, 4) is 0 Å². The van der Waals surface area contributed by atoms with Gasteiger partial charge in [0, 0.05) is 6.42 Å². The van der Waals surface area contributed by atoms with Gasteiger partial charge >= 0.3 is 6.09 Å². The largest absolute Gasteiger partial charge is 0.444 e. The van der Waals surface area contributed by atoms with Crippen molar-refractivity contribution in [2.45, 2.75) is 91.2 Å². The van der Waals surface area contributed by atoms with Crippen LogP contribution in [0.3, 0.4) is 0 Å². The van der Waals surface area contributed by atoms with Crippen molar-refractivity contribution in [2.24, 2.45) is 28.6 Å². The molecule has 3 fully saturated rings. The number of aldehydes is 1. The standard InChI is InChI=1S/C21H35NO3/c1-14-7-8-15-19(5,6)16-13-20(14,15)9-10-21(16,11-12-23)22-17(24)25-18(2,3)4/h12,14-16H,7-11,13H2,1-6H3,(H,22,24)/t14-,15+,16+,20?,21?/m1/s1. The second kappa shape index (κ2) is 5.72.